The second-order valence-corrected chi connectivity index (χ2v) is 8.07. The Bertz CT molecular complexity index is 616. The zero-order valence-electron chi connectivity index (χ0n) is 16.5. The van der Waals surface area contributed by atoms with Crippen LogP contribution in [0.5, 0.6) is 5.75 Å². The Morgan fingerprint density at radius 3 is 2.73 bits per heavy atom. The van der Waals surface area contributed by atoms with Gasteiger partial charge in [0.25, 0.3) is 0 Å². The second-order valence-electron chi connectivity index (χ2n) is 8.07. The molecule has 1 aromatic carbocycles. The fourth-order valence-electron chi connectivity index (χ4n) is 3.31. The fraction of sp³-hybridized carbons (Fsp3) is 0.650. The van der Waals surface area contributed by atoms with Gasteiger partial charge < -0.3 is 14.4 Å². The van der Waals surface area contributed by atoms with E-state index in [0.717, 1.165) is 31.5 Å². The lowest BCUT2D eigenvalue weighted by Crippen LogP contribution is -2.42. The number of methoxy groups -OCH3 is 1. The molecular weight excluding hydrogens is 335 g/mol. The molecule has 0 spiro atoms. The van der Waals surface area contributed by atoms with Crippen LogP contribution in [-0.4, -0.2) is 55.3 Å². The SMILES string of the molecule is COc1ccc(CN2CCCC(CN(C)C(=O)OC(C)(C)C)C2)cc1F. The average Bonchev–Trinajstić information content (AvgIpc) is 2.54. The van der Waals surface area contributed by atoms with E-state index in [4.69, 9.17) is 9.47 Å². The van der Waals surface area contributed by atoms with Crippen LogP contribution in [0.3, 0.4) is 0 Å². The van der Waals surface area contributed by atoms with Gasteiger partial charge in [0.2, 0.25) is 0 Å². The number of carbonyl (C=O) groups excluding carboxylic acids is 1. The Hall–Kier alpha value is -1.82. The summed E-state index contributed by atoms with van der Waals surface area (Å²) in [5.41, 5.74) is 0.451. The Morgan fingerprint density at radius 1 is 1.38 bits per heavy atom. The minimum atomic E-state index is -0.484. The number of rotatable bonds is 5. The second kappa shape index (κ2) is 8.71. The Morgan fingerprint density at radius 2 is 2.12 bits per heavy atom. The molecule has 1 heterocycles. The number of hydrogen-bond donors (Lipinski definition) is 0. The van der Waals surface area contributed by atoms with Crippen LogP contribution in [-0.2, 0) is 11.3 Å². The van der Waals surface area contributed by atoms with Gasteiger partial charge in [0, 0.05) is 26.7 Å². The number of piperidine rings is 1. The number of amides is 1. The zero-order chi connectivity index (χ0) is 19.3. The van der Waals surface area contributed by atoms with Crippen molar-refractivity contribution in [1.29, 1.82) is 0 Å². The molecule has 6 heteroatoms. The first-order chi connectivity index (χ1) is 12.2. The largest absolute Gasteiger partial charge is 0.494 e. The molecule has 0 saturated carbocycles. The lowest BCUT2D eigenvalue weighted by Gasteiger charge is -2.35. The van der Waals surface area contributed by atoms with E-state index in [1.54, 1.807) is 18.0 Å². The van der Waals surface area contributed by atoms with Gasteiger partial charge in [-0.2, -0.15) is 0 Å². The number of nitrogens with zero attached hydrogens (tertiary/aromatic N) is 2. The molecule has 0 aromatic heterocycles. The third kappa shape index (κ3) is 6.16. The van der Waals surface area contributed by atoms with Crippen LogP contribution in [0.4, 0.5) is 9.18 Å². The fourth-order valence-corrected chi connectivity index (χ4v) is 3.31. The van der Waals surface area contributed by atoms with E-state index < -0.39 is 5.60 Å². The van der Waals surface area contributed by atoms with Crippen molar-refractivity contribution in [2.24, 2.45) is 5.92 Å². The highest BCUT2D eigenvalue weighted by molar-refractivity contribution is 5.67. The first kappa shape index (κ1) is 20.5. The van der Waals surface area contributed by atoms with Crippen molar-refractivity contribution in [2.45, 2.75) is 45.8 Å². The number of carbonyl (C=O) groups is 1. The maximum Gasteiger partial charge on any atom is 0.410 e. The molecule has 1 aliphatic rings. The summed E-state index contributed by atoms with van der Waals surface area (Å²) in [6.45, 7) is 8.86. The first-order valence-corrected chi connectivity index (χ1v) is 9.17. The Kier molecular flexibility index (Phi) is 6.87. The third-order valence-electron chi connectivity index (χ3n) is 4.46. The van der Waals surface area contributed by atoms with E-state index in [1.165, 1.54) is 13.2 Å². The molecular formula is C20H31FN2O3. The van der Waals surface area contributed by atoms with Crippen LogP contribution in [0.25, 0.3) is 0 Å². The third-order valence-corrected chi connectivity index (χ3v) is 4.46. The van der Waals surface area contributed by atoms with Gasteiger partial charge in [0.05, 0.1) is 7.11 Å². The van der Waals surface area contributed by atoms with Crippen molar-refractivity contribution >= 4 is 6.09 Å². The zero-order valence-corrected chi connectivity index (χ0v) is 16.5. The number of halogens is 1. The molecule has 1 fully saturated rings. The van der Waals surface area contributed by atoms with E-state index in [-0.39, 0.29) is 17.7 Å². The molecule has 1 unspecified atom stereocenters. The van der Waals surface area contributed by atoms with Gasteiger partial charge in [0.1, 0.15) is 5.60 Å². The predicted molar refractivity (Wildman–Crippen MR) is 99.8 cm³/mol. The summed E-state index contributed by atoms with van der Waals surface area (Å²) in [6, 6.07) is 5.11. The van der Waals surface area contributed by atoms with Crippen molar-refractivity contribution in [3.05, 3.63) is 29.6 Å². The number of benzene rings is 1. The summed E-state index contributed by atoms with van der Waals surface area (Å²) >= 11 is 0. The molecule has 2 rings (SSSR count). The molecule has 146 valence electrons. The van der Waals surface area contributed by atoms with Crippen molar-refractivity contribution in [3.63, 3.8) is 0 Å². The highest BCUT2D eigenvalue weighted by Gasteiger charge is 2.25. The molecule has 0 radical (unpaired) electrons. The summed E-state index contributed by atoms with van der Waals surface area (Å²) in [5, 5.41) is 0. The van der Waals surface area contributed by atoms with Crippen LogP contribution in [0.15, 0.2) is 18.2 Å². The van der Waals surface area contributed by atoms with E-state index >= 15 is 0 Å². The lowest BCUT2D eigenvalue weighted by molar-refractivity contribution is 0.0241. The molecule has 1 saturated heterocycles. The van der Waals surface area contributed by atoms with Crippen molar-refractivity contribution in [1.82, 2.24) is 9.80 Å². The quantitative estimate of drug-likeness (QED) is 0.792. The molecule has 26 heavy (non-hydrogen) atoms. The molecule has 0 bridgehead atoms. The topological polar surface area (TPSA) is 42.0 Å². The van der Waals surface area contributed by atoms with E-state index in [1.807, 2.05) is 26.8 Å². The van der Waals surface area contributed by atoms with E-state index in [9.17, 15) is 9.18 Å². The number of hydrogen-bond acceptors (Lipinski definition) is 4. The molecule has 1 amide bonds. The van der Waals surface area contributed by atoms with Crippen LogP contribution >= 0.6 is 0 Å². The van der Waals surface area contributed by atoms with Gasteiger partial charge in [-0.25, -0.2) is 9.18 Å². The molecule has 5 nitrogen and oxygen atoms in total. The number of ether oxygens (including phenoxy) is 2. The van der Waals surface area contributed by atoms with Crippen LogP contribution in [0, 0.1) is 11.7 Å². The standard InChI is InChI=1S/C20H31FN2O3/c1-20(2,3)26-19(24)22(4)12-16-7-6-10-23(14-16)13-15-8-9-18(25-5)17(21)11-15/h8-9,11,16H,6-7,10,12-14H2,1-5H3. The monoisotopic (exact) mass is 366 g/mol. The van der Waals surface area contributed by atoms with Crippen LogP contribution < -0.4 is 4.74 Å². The Labute approximate surface area is 156 Å². The van der Waals surface area contributed by atoms with Gasteiger partial charge in [-0.3, -0.25) is 4.90 Å². The summed E-state index contributed by atoms with van der Waals surface area (Å²) in [6.07, 6.45) is 1.87. The number of likely N-dealkylation sites (tertiary alicyclic amines) is 1. The maximum absolute atomic E-state index is 13.9. The van der Waals surface area contributed by atoms with Crippen molar-refractivity contribution in [2.75, 3.05) is 33.8 Å². The maximum atomic E-state index is 13.9. The molecule has 1 aromatic rings. The summed E-state index contributed by atoms with van der Waals surface area (Å²) in [7, 11) is 3.25. The van der Waals surface area contributed by atoms with Gasteiger partial charge in [-0.05, 0) is 63.8 Å². The smallest absolute Gasteiger partial charge is 0.410 e. The first-order valence-electron chi connectivity index (χ1n) is 9.17. The van der Waals surface area contributed by atoms with Crippen molar-refractivity contribution in [3.8, 4) is 5.75 Å². The van der Waals surface area contributed by atoms with Gasteiger partial charge in [0.15, 0.2) is 11.6 Å². The minimum absolute atomic E-state index is 0.268. The normalized spacial score (nSPS) is 18.5. The van der Waals surface area contributed by atoms with Crippen LogP contribution in [0.2, 0.25) is 0 Å². The van der Waals surface area contributed by atoms with Crippen molar-refractivity contribution < 1.29 is 18.7 Å². The highest BCUT2D eigenvalue weighted by atomic mass is 19.1. The van der Waals surface area contributed by atoms with Gasteiger partial charge >= 0.3 is 6.09 Å². The molecule has 1 aliphatic heterocycles. The van der Waals surface area contributed by atoms with Gasteiger partial charge in [-0.15, -0.1) is 0 Å². The predicted octanol–water partition coefficient (Wildman–Crippen LogP) is 3.91. The Balaban J connectivity index is 1.88. The van der Waals surface area contributed by atoms with Gasteiger partial charge in [-0.1, -0.05) is 6.07 Å². The molecule has 0 N–H and O–H groups in total. The van der Waals surface area contributed by atoms with Crippen LogP contribution in [0.1, 0.15) is 39.2 Å². The van der Waals surface area contributed by atoms with E-state index in [0.29, 0.717) is 19.0 Å². The minimum Gasteiger partial charge on any atom is -0.494 e. The summed E-state index contributed by atoms with van der Waals surface area (Å²) in [4.78, 5) is 16.1. The highest BCUT2D eigenvalue weighted by Crippen LogP contribution is 2.23. The average molecular weight is 366 g/mol. The van der Waals surface area contributed by atoms with E-state index in [2.05, 4.69) is 4.90 Å². The lowest BCUT2D eigenvalue weighted by atomic mass is 9.97. The summed E-state index contributed by atoms with van der Waals surface area (Å²) in [5.74, 6) is 0.330. The summed E-state index contributed by atoms with van der Waals surface area (Å²) < 4.78 is 24.3. The molecule has 1 atom stereocenters. The molecule has 0 aliphatic carbocycles.